The number of quaternary nitrogens is 1. The standard InChI is InChI=1S/C14H29NO2.C8H17NO2.ClH/c1-8-14(6,7)13(16)17-10-9-15(11(2)3)12(4)5;1-4-8(2,3)7(10)11-6-5-9;/h11-12H,8-10H2,1-7H3;4-6,9H2,1-3H3;1H. The molecule has 29 heavy (non-hydrogen) atoms. The van der Waals surface area contributed by atoms with E-state index in [0.717, 1.165) is 19.4 Å². The van der Waals surface area contributed by atoms with Crippen molar-refractivity contribution in [2.45, 2.75) is 94.2 Å². The second-order valence-electron chi connectivity index (χ2n) is 9.03. The molecule has 0 unspecified atom stereocenters. The number of carbonyl (C=O) groups excluding carboxylic acids is 2. The Bertz CT molecular complexity index is 444. The molecule has 0 amide bonds. The lowest BCUT2D eigenvalue weighted by Gasteiger charge is -2.30. The van der Waals surface area contributed by atoms with Crippen LogP contribution in [0.25, 0.3) is 0 Å². The van der Waals surface area contributed by atoms with Gasteiger partial charge in [0.05, 0.1) is 10.8 Å². The van der Waals surface area contributed by atoms with Gasteiger partial charge in [-0.25, -0.2) is 0 Å². The predicted octanol–water partition coefficient (Wildman–Crippen LogP) is 0.296. The Balaban J connectivity index is -0.000000491. The van der Waals surface area contributed by atoms with Crippen molar-refractivity contribution in [1.29, 1.82) is 0 Å². The number of nitrogens with zero attached hydrogens (tertiary/aromatic N) is 1. The summed E-state index contributed by atoms with van der Waals surface area (Å²) < 4.78 is 10.3. The number of carbonyl (C=O) groups is 2. The lowest BCUT2D eigenvalue weighted by Crippen LogP contribution is -3.00. The predicted molar refractivity (Wildman–Crippen MR) is 115 cm³/mol. The van der Waals surface area contributed by atoms with Gasteiger partial charge in [-0.05, 0) is 68.2 Å². The molecule has 0 fully saturated rings. The van der Waals surface area contributed by atoms with E-state index in [1.165, 1.54) is 0 Å². The number of rotatable bonds is 11. The molecule has 0 aliphatic heterocycles. The van der Waals surface area contributed by atoms with E-state index < -0.39 is 0 Å². The minimum Gasteiger partial charge on any atom is -1.00 e. The van der Waals surface area contributed by atoms with E-state index in [-0.39, 0.29) is 35.2 Å². The van der Waals surface area contributed by atoms with Crippen molar-refractivity contribution in [3.8, 4) is 0 Å². The van der Waals surface area contributed by atoms with Crippen LogP contribution in [0.2, 0.25) is 0 Å². The molecular formula is C22H47ClN2O4. The first-order valence-corrected chi connectivity index (χ1v) is 10.7. The van der Waals surface area contributed by atoms with Crippen LogP contribution in [-0.2, 0) is 19.1 Å². The zero-order chi connectivity index (χ0) is 22.5. The van der Waals surface area contributed by atoms with Gasteiger partial charge in [-0.2, -0.15) is 0 Å². The lowest BCUT2D eigenvalue weighted by molar-refractivity contribution is -0.372. The Morgan fingerprint density at radius 3 is 1.45 bits per heavy atom. The van der Waals surface area contributed by atoms with E-state index in [1.807, 2.05) is 41.5 Å². The number of esters is 2. The molecule has 0 aliphatic rings. The molecule has 0 atom stereocenters. The zero-order valence-electron chi connectivity index (χ0n) is 20.6. The maximum Gasteiger partial charge on any atom is 0.311 e. The van der Waals surface area contributed by atoms with E-state index in [9.17, 15) is 9.59 Å². The molecule has 0 spiro atoms. The van der Waals surface area contributed by atoms with Crippen LogP contribution in [0, 0.1) is 10.8 Å². The highest BCUT2D eigenvalue weighted by atomic mass is 35.5. The molecule has 7 heteroatoms. The molecule has 0 radical (unpaired) electrons. The van der Waals surface area contributed by atoms with Crippen molar-refractivity contribution >= 4 is 11.9 Å². The van der Waals surface area contributed by atoms with E-state index in [2.05, 4.69) is 38.3 Å². The maximum atomic E-state index is 11.8. The topological polar surface area (TPSA) is 83.5 Å². The summed E-state index contributed by atoms with van der Waals surface area (Å²) in [7, 11) is 0. The van der Waals surface area contributed by atoms with Gasteiger partial charge in [0.15, 0.2) is 0 Å². The molecule has 0 aromatic carbocycles. The summed E-state index contributed by atoms with van der Waals surface area (Å²) in [6.07, 6.45) is 1.62. The quantitative estimate of drug-likeness (QED) is 0.469. The van der Waals surface area contributed by atoms with Gasteiger partial charge in [-0.1, -0.05) is 13.8 Å². The van der Waals surface area contributed by atoms with Gasteiger partial charge in [-0.3, -0.25) is 14.5 Å². The minimum atomic E-state index is -0.361. The molecule has 176 valence electrons. The van der Waals surface area contributed by atoms with Crippen molar-refractivity contribution < 1.29 is 37.2 Å². The second-order valence-corrected chi connectivity index (χ2v) is 9.03. The molecule has 0 aliphatic carbocycles. The number of hydrogen-bond acceptors (Lipinski definition) is 5. The molecule has 0 bridgehead atoms. The zero-order valence-corrected chi connectivity index (χ0v) is 21.3. The Labute approximate surface area is 185 Å². The van der Waals surface area contributed by atoms with Crippen molar-refractivity contribution in [1.82, 2.24) is 4.90 Å². The SMILES string of the molecule is CCC(C)(C)C(=O)OCCN(C(C)C)C(C)C.CCC(C)(C)C(=O)OCC[NH3+].[Cl-]. The highest BCUT2D eigenvalue weighted by molar-refractivity contribution is 5.76. The van der Waals surface area contributed by atoms with Gasteiger partial charge < -0.3 is 27.6 Å². The van der Waals surface area contributed by atoms with Crippen LogP contribution < -0.4 is 18.1 Å². The Kier molecular flexibility index (Phi) is 18.0. The van der Waals surface area contributed by atoms with E-state index in [0.29, 0.717) is 31.8 Å². The third-order valence-electron chi connectivity index (χ3n) is 5.16. The second kappa shape index (κ2) is 15.9. The summed E-state index contributed by atoms with van der Waals surface area (Å²) >= 11 is 0. The minimum absolute atomic E-state index is 0. The molecule has 0 heterocycles. The molecule has 0 saturated carbocycles. The van der Waals surface area contributed by atoms with Crippen LogP contribution in [-0.4, -0.2) is 55.2 Å². The summed E-state index contributed by atoms with van der Waals surface area (Å²) in [5.74, 6) is -0.212. The average Bonchev–Trinajstić information content (AvgIpc) is 2.62. The highest BCUT2D eigenvalue weighted by Gasteiger charge is 2.27. The Morgan fingerprint density at radius 1 is 0.828 bits per heavy atom. The number of ether oxygens (including phenoxy) is 2. The van der Waals surface area contributed by atoms with Crippen LogP contribution in [0.3, 0.4) is 0 Å². The number of hydrogen-bond donors (Lipinski definition) is 1. The third-order valence-corrected chi connectivity index (χ3v) is 5.16. The molecule has 3 N–H and O–H groups in total. The maximum absolute atomic E-state index is 11.8. The van der Waals surface area contributed by atoms with Gasteiger partial charge >= 0.3 is 11.9 Å². The average molecular weight is 439 g/mol. The van der Waals surface area contributed by atoms with E-state index in [4.69, 9.17) is 9.47 Å². The highest BCUT2D eigenvalue weighted by Crippen LogP contribution is 2.22. The van der Waals surface area contributed by atoms with Gasteiger partial charge in [0.2, 0.25) is 0 Å². The van der Waals surface area contributed by atoms with Gasteiger partial charge in [0.25, 0.3) is 0 Å². The molecule has 0 aromatic heterocycles. The first kappa shape index (κ1) is 32.8. The molecule has 0 saturated heterocycles. The normalized spacial score (nSPS) is 11.7. The molecule has 0 aromatic rings. The van der Waals surface area contributed by atoms with Gasteiger partial charge in [0, 0.05) is 18.6 Å². The summed E-state index contributed by atoms with van der Waals surface area (Å²) in [4.78, 5) is 25.3. The van der Waals surface area contributed by atoms with E-state index in [1.54, 1.807) is 0 Å². The molecule has 0 rings (SSSR count). The van der Waals surface area contributed by atoms with Crippen LogP contribution in [0.5, 0.6) is 0 Å². The van der Waals surface area contributed by atoms with Crippen LogP contribution >= 0.6 is 0 Å². The van der Waals surface area contributed by atoms with Crippen LogP contribution in [0.4, 0.5) is 0 Å². The third kappa shape index (κ3) is 13.9. The number of halogens is 1. The van der Waals surface area contributed by atoms with Crippen LogP contribution in [0.1, 0.15) is 82.1 Å². The summed E-state index contributed by atoms with van der Waals surface area (Å²) in [6.45, 7) is 22.6. The lowest BCUT2D eigenvalue weighted by atomic mass is 9.91. The monoisotopic (exact) mass is 438 g/mol. The summed E-state index contributed by atoms with van der Waals surface area (Å²) in [5.41, 5.74) is 2.89. The smallest absolute Gasteiger partial charge is 0.311 e. The largest absolute Gasteiger partial charge is 1.00 e. The first-order valence-electron chi connectivity index (χ1n) is 10.7. The van der Waals surface area contributed by atoms with E-state index >= 15 is 0 Å². The summed E-state index contributed by atoms with van der Waals surface area (Å²) in [6, 6.07) is 0.959. The fourth-order valence-electron chi connectivity index (χ4n) is 2.20. The van der Waals surface area contributed by atoms with Gasteiger partial charge in [-0.15, -0.1) is 0 Å². The fraction of sp³-hybridized carbons (Fsp3) is 0.909. The van der Waals surface area contributed by atoms with Crippen molar-refractivity contribution in [3.05, 3.63) is 0 Å². The summed E-state index contributed by atoms with van der Waals surface area (Å²) in [5, 5.41) is 0. The van der Waals surface area contributed by atoms with Crippen molar-refractivity contribution in [2.24, 2.45) is 10.8 Å². The Hall–Kier alpha value is -0.850. The van der Waals surface area contributed by atoms with Crippen LogP contribution in [0.15, 0.2) is 0 Å². The Morgan fingerprint density at radius 2 is 1.17 bits per heavy atom. The fourth-order valence-corrected chi connectivity index (χ4v) is 2.20. The molecule has 6 nitrogen and oxygen atoms in total. The first-order chi connectivity index (χ1) is 12.8. The van der Waals surface area contributed by atoms with Gasteiger partial charge in [0.1, 0.15) is 19.8 Å². The van der Waals surface area contributed by atoms with Crippen molar-refractivity contribution in [2.75, 3.05) is 26.3 Å². The van der Waals surface area contributed by atoms with Crippen molar-refractivity contribution in [3.63, 3.8) is 0 Å². The molecular weight excluding hydrogens is 392 g/mol.